The van der Waals surface area contributed by atoms with Gasteiger partial charge in [0.25, 0.3) is 5.91 Å². The molecule has 21 heavy (non-hydrogen) atoms. The smallest absolute Gasteiger partial charge is 0.260 e. The zero-order valence-electron chi connectivity index (χ0n) is 12.1. The maximum Gasteiger partial charge on any atom is 0.260 e. The predicted octanol–water partition coefficient (Wildman–Crippen LogP) is 2.64. The van der Waals surface area contributed by atoms with E-state index in [4.69, 9.17) is 16.3 Å². The maximum atomic E-state index is 12.0. The van der Waals surface area contributed by atoms with E-state index in [0.717, 1.165) is 19.5 Å². The Hall–Kier alpha value is -0.970. The zero-order chi connectivity index (χ0) is 14.4. The van der Waals surface area contributed by atoms with Crippen LogP contribution < -0.4 is 15.4 Å². The van der Waals surface area contributed by atoms with Crippen LogP contribution in [0.15, 0.2) is 24.3 Å². The molecule has 1 amide bonds. The Morgan fingerprint density at radius 2 is 2.38 bits per heavy atom. The Labute approximate surface area is 137 Å². The summed E-state index contributed by atoms with van der Waals surface area (Å²) in [5.41, 5.74) is 0. The van der Waals surface area contributed by atoms with Crippen LogP contribution in [0.5, 0.6) is 5.75 Å². The van der Waals surface area contributed by atoms with Crippen molar-refractivity contribution in [1.29, 1.82) is 0 Å². The molecule has 118 valence electrons. The molecule has 1 aliphatic rings. The van der Waals surface area contributed by atoms with E-state index in [1.165, 1.54) is 6.42 Å². The van der Waals surface area contributed by atoms with Crippen molar-refractivity contribution in [3.05, 3.63) is 29.3 Å². The molecule has 0 aliphatic carbocycles. The van der Waals surface area contributed by atoms with Crippen LogP contribution in [-0.2, 0) is 4.79 Å². The Morgan fingerprint density at radius 3 is 3.05 bits per heavy atom. The third kappa shape index (κ3) is 6.12. The molecule has 1 fully saturated rings. The number of ether oxygens (including phenoxy) is 1. The molecule has 1 heterocycles. The van der Waals surface area contributed by atoms with Gasteiger partial charge in [-0.25, -0.2) is 0 Å². The molecule has 2 rings (SSSR count). The van der Waals surface area contributed by atoms with Crippen molar-refractivity contribution in [3.63, 3.8) is 0 Å². The molecule has 1 aromatic rings. The van der Waals surface area contributed by atoms with Crippen molar-refractivity contribution in [3.8, 4) is 5.75 Å². The van der Waals surface area contributed by atoms with Crippen molar-refractivity contribution >= 4 is 29.9 Å². The first kappa shape index (κ1) is 18.1. The molecule has 1 aliphatic heterocycles. The average Bonchev–Trinajstić information content (AvgIpc) is 2.46. The lowest BCUT2D eigenvalue weighted by atomic mass is 10.00. The minimum Gasteiger partial charge on any atom is -0.481 e. The molecule has 1 aromatic carbocycles. The summed E-state index contributed by atoms with van der Waals surface area (Å²) in [5, 5.41) is 6.89. The van der Waals surface area contributed by atoms with Crippen molar-refractivity contribution < 1.29 is 9.53 Å². The van der Waals surface area contributed by atoms with Crippen LogP contribution in [0.1, 0.15) is 19.8 Å². The molecule has 0 spiro atoms. The summed E-state index contributed by atoms with van der Waals surface area (Å²) in [6, 6.07) is 7.07. The standard InChI is InChI=1S/C15H21ClN2O2.ClH/c1-11(20-14-6-2-5-13(16)8-14)15(19)18-10-12-4-3-7-17-9-12;/h2,5-6,8,11-12,17H,3-4,7,9-10H2,1H3,(H,18,19);1H. The number of halogens is 2. The Morgan fingerprint density at radius 1 is 1.57 bits per heavy atom. The van der Waals surface area contributed by atoms with Crippen LogP contribution in [0.4, 0.5) is 0 Å². The number of hydrogen-bond acceptors (Lipinski definition) is 3. The molecule has 0 aromatic heterocycles. The second-order valence-electron chi connectivity index (χ2n) is 5.17. The SMILES string of the molecule is CC(Oc1cccc(Cl)c1)C(=O)NCC1CCCNC1.Cl. The summed E-state index contributed by atoms with van der Waals surface area (Å²) < 4.78 is 5.58. The van der Waals surface area contributed by atoms with Crippen molar-refractivity contribution in [1.82, 2.24) is 10.6 Å². The van der Waals surface area contributed by atoms with E-state index in [0.29, 0.717) is 23.2 Å². The second-order valence-corrected chi connectivity index (χ2v) is 5.61. The molecule has 6 heteroatoms. The lowest BCUT2D eigenvalue weighted by Crippen LogP contribution is -2.42. The van der Waals surface area contributed by atoms with Crippen LogP contribution in [0.25, 0.3) is 0 Å². The van der Waals surface area contributed by atoms with Crippen molar-refractivity contribution in [2.45, 2.75) is 25.9 Å². The monoisotopic (exact) mass is 332 g/mol. The summed E-state index contributed by atoms with van der Waals surface area (Å²) in [6.07, 6.45) is 1.82. The third-order valence-electron chi connectivity index (χ3n) is 3.44. The van der Waals surface area contributed by atoms with E-state index in [1.807, 2.05) is 0 Å². The van der Waals surface area contributed by atoms with Gasteiger partial charge in [0, 0.05) is 11.6 Å². The fraction of sp³-hybridized carbons (Fsp3) is 0.533. The van der Waals surface area contributed by atoms with E-state index >= 15 is 0 Å². The summed E-state index contributed by atoms with van der Waals surface area (Å²) in [5.74, 6) is 1.04. The van der Waals surface area contributed by atoms with Gasteiger partial charge in [-0.1, -0.05) is 17.7 Å². The van der Waals surface area contributed by atoms with Gasteiger partial charge in [-0.3, -0.25) is 4.79 Å². The van der Waals surface area contributed by atoms with E-state index < -0.39 is 6.10 Å². The molecule has 2 unspecified atom stereocenters. The van der Waals surface area contributed by atoms with E-state index in [9.17, 15) is 4.79 Å². The molecule has 2 N–H and O–H groups in total. The van der Waals surface area contributed by atoms with Gasteiger partial charge in [0.1, 0.15) is 5.75 Å². The Kier molecular flexibility index (Phi) is 7.86. The number of hydrogen-bond donors (Lipinski definition) is 2. The molecular weight excluding hydrogens is 311 g/mol. The molecule has 2 atom stereocenters. The van der Waals surface area contributed by atoms with Gasteiger partial charge in [0.2, 0.25) is 0 Å². The maximum absolute atomic E-state index is 12.0. The van der Waals surface area contributed by atoms with Crippen LogP contribution in [0, 0.1) is 5.92 Å². The zero-order valence-corrected chi connectivity index (χ0v) is 13.7. The highest BCUT2D eigenvalue weighted by Gasteiger charge is 2.18. The quantitative estimate of drug-likeness (QED) is 0.871. The van der Waals surface area contributed by atoms with Crippen molar-refractivity contribution in [2.75, 3.05) is 19.6 Å². The third-order valence-corrected chi connectivity index (χ3v) is 3.68. The molecule has 4 nitrogen and oxygen atoms in total. The van der Waals surface area contributed by atoms with Gasteiger partial charge in [-0.2, -0.15) is 0 Å². The number of piperidine rings is 1. The highest BCUT2D eigenvalue weighted by atomic mass is 35.5. The Bertz CT molecular complexity index is 451. The number of amides is 1. The molecule has 0 bridgehead atoms. The highest BCUT2D eigenvalue weighted by molar-refractivity contribution is 6.30. The van der Waals surface area contributed by atoms with Gasteiger partial charge in [-0.05, 0) is 57.0 Å². The lowest BCUT2D eigenvalue weighted by molar-refractivity contribution is -0.127. The minimum atomic E-state index is -0.523. The largest absolute Gasteiger partial charge is 0.481 e. The second kappa shape index (κ2) is 9.13. The number of nitrogens with one attached hydrogen (secondary N) is 2. The van der Waals surface area contributed by atoms with Gasteiger partial charge in [-0.15, -0.1) is 12.4 Å². The summed E-state index contributed by atoms with van der Waals surface area (Å²) >= 11 is 5.88. The molecule has 0 radical (unpaired) electrons. The Balaban J connectivity index is 0.00000220. The number of carbonyl (C=O) groups excluding carboxylic acids is 1. The van der Waals surface area contributed by atoms with E-state index in [-0.39, 0.29) is 18.3 Å². The van der Waals surface area contributed by atoms with Gasteiger partial charge >= 0.3 is 0 Å². The fourth-order valence-electron chi connectivity index (χ4n) is 2.28. The summed E-state index contributed by atoms with van der Waals surface area (Å²) in [6.45, 7) is 4.51. The first-order valence-electron chi connectivity index (χ1n) is 7.06. The predicted molar refractivity (Wildman–Crippen MR) is 87.4 cm³/mol. The summed E-state index contributed by atoms with van der Waals surface area (Å²) in [4.78, 5) is 12.0. The molecule has 0 saturated carbocycles. The average molecular weight is 333 g/mol. The van der Waals surface area contributed by atoms with E-state index in [2.05, 4.69) is 10.6 Å². The first-order valence-corrected chi connectivity index (χ1v) is 7.43. The minimum absolute atomic E-state index is 0. The summed E-state index contributed by atoms with van der Waals surface area (Å²) in [7, 11) is 0. The highest BCUT2D eigenvalue weighted by Crippen LogP contribution is 2.18. The van der Waals surface area contributed by atoms with Gasteiger partial charge in [0.15, 0.2) is 6.10 Å². The van der Waals surface area contributed by atoms with Crippen LogP contribution in [-0.4, -0.2) is 31.6 Å². The van der Waals surface area contributed by atoms with Gasteiger partial charge < -0.3 is 15.4 Å². The van der Waals surface area contributed by atoms with Crippen LogP contribution in [0.2, 0.25) is 5.02 Å². The van der Waals surface area contributed by atoms with Crippen molar-refractivity contribution in [2.24, 2.45) is 5.92 Å². The number of rotatable bonds is 5. The topological polar surface area (TPSA) is 50.4 Å². The lowest BCUT2D eigenvalue weighted by Gasteiger charge is -2.23. The van der Waals surface area contributed by atoms with Crippen LogP contribution >= 0.6 is 24.0 Å². The molecular formula is C15H22Cl2N2O2. The van der Waals surface area contributed by atoms with E-state index in [1.54, 1.807) is 31.2 Å². The number of benzene rings is 1. The first-order chi connectivity index (χ1) is 9.65. The molecule has 1 saturated heterocycles. The normalized spacial score (nSPS) is 19.2. The van der Waals surface area contributed by atoms with Crippen LogP contribution in [0.3, 0.4) is 0 Å². The van der Waals surface area contributed by atoms with Gasteiger partial charge in [0.05, 0.1) is 0 Å². The number of carbonyl (C=O) groups is 1. The fourth-order valence-corrected chi connectivity index (χ4v) is 2.47.